The summed E-state index contributed by atoms with van der Waals surface area (Å²) in [6.07, 6.45) is 5.61. The fraction of sp³-hybridized carbons (Fsp3) is 0.619. The van der Waals surface area contributed by atoms with Crippen molar-refractivity contribution in [1.82, 2.24) is 16.0 Å². The number of carbonyl (C=O) groups is 1. The number of aliphatic imine (C=N–C) groups is 1. The summed E-state index contributed by atoms with van der Waals surface area (Å²) >= 11 is 0. The minimum atomic E-state index is 0.163. The van der Waals surface area contributed by atoms with Crippen LogP contribution in [0.25, 0.3) is 0 Å². The van der Waals surface area contributed by atoms with Crippen LogP contribution in [0.4, 0.5) is 0 Å². The Balaban J connectivity index is 1.75. The Labute approximate surface area is 163 Å². The number of nitrogens with zero attached hydrogens (tertiary/aromatic N) is 1. The predicted octanol–water partition coefficient (Wildman–Crippen LogP) is 2.84. The molecule has 27 heavy (non-hydrogen) atoms. The van der Waals surface area contributed by atoms with Gasteiger partial charge in [-0.1, -0.05) is 31.0 Å². The van der Waals surface area contributed by atoms with Gasteiger partial charge in [-0.3, -0.25) is 4.79 Å². The first-order valence-electron chi connectivity index (χ1n) is 10.2. The van der Waals surface area contributed by atoms with Gasteiger partial charge in [-0.2, -0.15) is 0 Å². The summed E-state index contributed by atoms with van der Waals surface area (Å²) < 4.78 is 5.65. The van der Waals surface area contributed by atoms with Crippen LogP contribution in [0.15, 0.2) is 29.3 Å². The van der Waals surface area contributed by atoms with E-state index in [0.717, 1.165) is 23.8 Å². The van der Waals surface area contributed by atoms with Gasteiger partial charge in [0.1, 0.15) is 5.75 Å². The molecule has 0 atom stereocenters. The summed E-state index contributed by atoms with van der Waals surface area (Å²) in [6, 6.07) is 7.96. The molecular weight excluding hydrogens is 340 g/mol. The summed E-state index contributed by atoms with van der Waals surface area (Å²) in [7, 11) is 0. The molecule has 0 radical (unpaired) electrons. The van der Waals surface area contributed by atoms with Crippen LogP contribution in [0, 0.1) is 5.92 Å². The van der Waals surface area contributed by atoms with E-state index in [-0.39, 0.29) is 5.91 Å². The average Bonchev–Trinajstić information content (AvgIpc) is 3.17. The number of guanidine groups is 1. The highest BCUT2D eigenvalue weighted by atomic mass is 16.5. The van der Waals surface area contributed by atoms with Crippen molar-refractivity contribution in [3.63, 3.8) is 0 Å². The van der Waals surface area contributed by atoms with E-state index in [1.54, 1.807) is 0 Å². The second-order valence-corrected chi connectivity index (χ2v) is 6.87. The van der Waals surface area contributed by atoms with Crippen LogP contribution in [0.3, 0.4) is 0 Å². The average molecular weight is 375 g/mol. The quantitative estimate of drug-likeness (QED) is 0.334. The maximum Gasteiger partial charge on any atom is 0.220 e. The zero-order valence-electron chi connectivity index (χ0n) is 16.7. The number of benzene rings is 1. The highest BCUT2D eigenvalue weighted by molar-refractivity contribution is 5.80. The van der Waals surface area contributed by atoms with Gasteiger partial charge < -0.3 is 20.7 Å². The van der Waals surface area contributed by atoms with Crippen molar-refractivity contribution in [2.75, 3.05) is 26.2 Å². The predicted molar refractivity (Wildman–Crippen MR) is 110 cm³/mol. The Morgan fingerprint density at radius 2 is 1.85 bits per heavy atom. The Bertz CT molecular complexity index is 598. The van der Waals surface area contributed by atoms with E-state index < -0.39 is 0 Å². The molecule has 0 bridgehead atoms. The van der Waals surface area contributed by atoms with Gasteiger partial charge in [-0.05, 0) is 38.7 Å². The zero-order valence-corrected chi connectivity index (χ0v) is 16.7. The molecule has 1 fully saturated rings. The first-order chi connectivity index (χ1) is 13.2. The van der Waals surface area contributed by atoms with E-state index in [0.29, 0.717) is 38.6 Å². The van der Waals surface area contributed by atoms with Crippen LogP contribution in [0.5, 0.6) is 5.75 Å². The van der Waals surface area contributed by atoms with E-state index in [4.69, 9.17) is 4.74 Å². The largest absolute Gasteiger partial charge is 0.494 e. The minimum absolute atomic E-state index is 0.163. The molecule has 0 heterocycles. The molecule has 2 rings (SSSR count). The fourth-order valence-corrected chi connectivity index (χ4v) is 3.37. The lowest BCUT2D eigenvalue weighted by Gasteiger charge is -2.13. The first-order valence-corrected chi connectivity index (χ1v) is 10.2. The van der Waals surface area contributed by atoms with Crippen LogP contribution in [0.1, 0.15) is 51.5 Å². The molecule has 1 aromatic carbocycles. The molecule has 0 unspecified atom stereocenters. The Morgan fingerprint density at radius 3 is 2.59 bits per heavy atom. The molecule has 1 aromatic rings. The minimum Gasteiger partial charge on any atom is -0.494 e. The molecule has 0 saturated heterocycles. The summed E-state index contributed by atoms with van der Waals surface area (Å²) in [5, 5.41) is 9.51. The molecule has 0 aromatic heterocycles. The molecule has 1 aliphatic rings. The van der Waals surface area contributed by atoms with Gasteiger partial charge in [0.05, 0.1) is 13.2 Å². The third-order valence-electron chi connectivity index (χ3n) is 4.71. The first kappa shape index (κ1) is 21.1. The third-order valence-corrected chi connectivity index (χ3v) is 4.71. The number of para-hydroxylation sites is 1. The number of hydrogen-bond acceptors (Lipinski definition) is 3. The highest BCUT2D eigenvalue weighted by Crippen LogP contribution is 2.27. The number of ether oxygens (including phenoxy) is 1. The maximum absolute atomic E-state index is 12.0. The third kappa shape index (κ3) is 7.89. The summed E-state index contributed by atoms with van der Waals surface area (Å²) in [6.45, 7) is 7.23. The van der Waals surface area contributed by atoms with Gasteiger partial charge in [0.25, 0.3) is 0 Å². The van der Waals surface area contributed by atoms with Crippen LogP contribution in [-0.2, 0) is 11.3 Å². The summed E-state index contributed by atoms with van der Waals surface area (Å²) in [5.41, 5.74) is 1.06. The molecule has 1 amide bonds. The van der Waals surface area contributed by atoms with E-state index in [1.165, 1.54) is 25.7 Å². The molecule has 150 valence electrons. The van der Waals surface area contributed by atoms with Gasteiger partial charge in [0.15, 0.2) is 5.96 Å². The van der Waals surface area contributed by atoms with E-state index in [9.17, 15) is 4.79 Å². The number of hydrogen-bond donors (Lipinski definition) is 3. The Kier molecular flexibility index (Phi) is 9.52. The number of amides is 1. The molecule has 6 nitrogen and oxygen atoms in total. The Hall–Kier alpha value is -2.24. The van der Waals surface area contributed by atoms with E-state index in [1.807, 2.05) is 38.1 Å². The summed E-state index contributed by atoms with van der Waals surface area (Å²) in [4.78, 5) is 16.6. The normalized spacial score (nSPS) is 14.8. The van der Waals surface area contributed by atoms with Crippen molar-refractivity contribution >= 4 is 11.9 Å². The van der Waals surface area contributed by atoms with Crippen molar-refractivity contribution in [3.8, 4) is 5.75 Å². The van der Waals surface area contributed by atoms with Crippen molar-refractivity contribution in [2.24, 2.45) is 10.9 Å². The van der Waals surface area contributed by atoms with E-state index in [2.05, 4.69) is 20.9 Å². The molecule has 6 heteroatoms. The smallest absolute Gasteiger partial charge is 0.220 e. The van der Waals surface area contributed by atoms with Crippen molar-refractivity contribution in [3.05, 3.63) is 29.8 Å². The molecule has 1 saturated carbocycles. The van der Waals surface area contributed by atoms with Crippen molar-refractivity contribution in [2.45, 2.75) is 52.5 Å². The number of rotatable bonds is 10. The van der Waals surface area contributed by atoms with Crippen LogP contribution < -0.4 is 20.7 Å². The Morgan fingerprint density at radius 1 is 1.11 bits per heavy atom. The highest BCUT2D eigenvalue weighted by Gasteiger charge is 2.17. The molecule has 1 aliphatic carbocycles. The second-order valence-electron chi connectivity index (χ2n) is 6.87. The van der Waals surface area contributed by atoms with Crippen molar-refractivity contribution in [1.29, 1.82) is 0 Å². The SMILES string of the molecule is CCNC(=NCc1ccccc1OCC)NCCNC(=O)CC1CCCC1. The van der Waals surface area contributed by atoms with Crippen molar-refractivity contribution < 1.29 is 9.53 Å². The van der Waals surface area contributed by atoms with Gasteiger partial charge in [0, 0.05) is 31.6 Å². The number of nitrogens with one attached hydrogen (secondary N) is 3. The fourth-order valence-electron chi connectivity index (χ4n) is 3.37. The lowest BCUT2D eigenvalue weighted by atomic mass is 10.0. The lowest BCUT2D eigenvalue weighted by molar-refractivity contribution is -0.121. The monoisotopic (exact) mass is 374 g/mol. The van der Waals surface area contributed by atoms with Crippen LogP contribution in [-0.4, -0.2) is 38.1 Å². The van der Waals surface area contributed by atoms with Gasteiger partial charge in [0.2, 0.25) is 5.91 Å². The topological polar surface area (TPSA) is 74.8 Å². The van der Waals surface area contributed by atoms with Crippen LogP contribution in [0.2, 0.25) is 0 Å². The van der Waals surface area contributed by atoms with Gasteiger partial charge >= 0.3 is 0 Å². The molecule has 0 aliphatic heterocycles. The van der Waals surface area contributed by atoms with Gasteiger partial charge in [-0.25, -0.2) is 4.99 Å². The van der Waals surface area contributed by atoms with Gasteiger partial charge in [-0.15, -0.1) is 0 Å². The summed E-state index contributed by atoms with van der Waals surface area (Å²) in [5.74, 6) is 2.37. The lowest BCUT2D eigenvalue weighted by Crippen LogP contribution is -2.41. The molecular formula is C21H34N4O2. The molecule has 3 N–H and O–H groups in total. The number of carbonyl (C=O) groups excluding carboxylic acids is 1. The zero-order chi connectivity index (χ0) is 19.3. The molecule has 0 spiro atoms. The maximum atomic E-state index is 12.0. The standard InChI is InChI=1S/C21H34N4O2/c1-3-22-21(25-16-18-11-7-8-12-19(18)27-4-2)24-14-13-23-20(26)15-17-9-5-6-10-17/h7-8,11-12,17H,3-6,9-10,13-16H2,1-2H3,(H,23,26)(H2,22,24,25). The van der Waals surface area contributed by atoms with E-state index >= 15 is 0 Å². The second kappa shape index (κ2) is 12.2. The van der Waals surface area contributed by atoms with Crippen LogP contribution >= 0.6 is 0 Å².